The summed E-state index contributed by atoms with van der Waals surface area (Å²) in [4.78, 5) is 25.4. The lowest BCUT2D eigenvalue weighted by molar-refractivity contribution is -0.118. The molecule has 0 bridgehead atoms. The van der Waals surface area contributed by atoms with Gasteiger partial charge in [-0.3, -0.25) is 9.59 Å². The van der Waals surface area contributed by atoms with Gasteiger partial charge >= 0.3 is 0 Å². The molecule has 1 aromatic carbocycles. The van der Waals surface area contributed by atoms with Gasteiger partial charge in [0, 0.05) is 19.0 Å². The van der Waals surface area contributed by atoms with Crippen molar-refractivity contribution in [3.63, 3.8) is 0 Å². The van der Waals surface area contributed by atoms with Gasteiger partial charge in [0.2, 0.25) is 0 Å². The van der Waals surface area contributed by atoms with Crippen molar-refractivity contribution in [2.24, 2.45) is 0 Å². The van der Waals surface area contributed by atoms with Crippen LogP contribution in [0, 0.1) is 5.82 Å². The van der Waals surface area contributed by atoms with E-state index in [-0.39, 0.29) is 22.4 Å². The first-order valence-electron chi connectivity index (χ1n) is 6.75. The summed E-state index contributed by atoms with van der Waals surface area (Å²) < 4.78 is 13.8. The zero-order valence-electron chi connectivity index (χ0n) is 11.4. The third kappa shape index (κ3) is 3.18. The third-order valence-electron chi connectivity index (χ3n) is 3.59. The van der Waals surface area contributed by atoms with Crippen molar-refractivity contribution in [3.05, 3.63) is 34.6 Å². The van der Waals surface area contributed by atoms with Gasteiger partial charge in [-0.25, -0.2) is 4.39 Å². The molecule has 1 heterocycles. The van der Waals surface area contributed by atoms with E-state index in [1.807, 2.05) is 0 Å². The number of likely N-dealkylation sites (tertiary alicyclic amines) is 1. The second kappa shape index (κ2) is 6.35. The zero-order chi connectivity index (χ0) is 14.7. The van der Waals surface area contributed by atoms with Crippen LogP contribution in [0.1, 0.15) is 43.0 Å². The molecule has 0 aromatic heterocycles. The van der Waals surface area contributed by atoms with Crippen LogP contribution in [0.4, 0.5) is 4.39 Å². The first-order chi connectivity index (χ1) is 9.50. The number of benzene rings is 1. The van der Waals surface area contributed by atoms with E-state index in [4.69, 9.17) is 11.6 Å². The molecular formula is C15H17ClFNO2. The van der Waals surface area contributed by atoms with Gasteiger partial charge in [-0.1, -0.05) is 17.7 Å². The minimum atomic E-state index is -0.616. The third-order valence-corrected chi connectivity index (χ3v) is 3.90. The summed E-state index contributed by atoms with van der Waals surface area (Å²) >= 11 is 5.94. The topological polar surface area (TPSA) is 37.4 Å². The van der Waals surface area contributed by atoms with Crippen LogP contribution in [0.3, 0.4) is 0 Å². The molecule has 1 amide bonds. The van der Waals surface area contributed by atoms with Crippen LogP contribution < -0.4 is 0 Å². The Labute approximate surface area is 122 Å². The van der Waals surface area contributed by atoms with Crippen LogP contribution >= 0.6 is 11.6 Å². The van der Waals surface area contributed by atoms with E-state index < -0.39 is 11.7 Å². The molecule has 0 radical (unpaired) electrons. The molecule has 20 heavy (non-hydrogen) atoms. The van der Waals surface area contributed by atoms with Crippen LogP contribution in [-0.4, -0.2) is 29.2 Å². The van der Waals surface area contributed by atoms with Crippen molar-refractivity contribution in [1.82, 2.24) is 4.90 Å². The summed E-state index contributed by atoms with van der Waals surface area (Å²) in [6.07, 6.45) is 2.94. The largest absolute Gasteiger partial charge is 0.335 e. The summed E-state index contributed by atoms with van der Waals surface area (Å²) in [6.45, 7) is 2.05. The van der Waals surface area contributed by atoms with E-state index in [0.29, 0.717) is 13.0 Å². The predicted octanol–water partition coefficient (Wildman–Crippen LogP) is 3.45. The van der Waals surface area contributed by atoms with Crippen molar-refractivity contribution in [2.75, 3.05) is 6.54 Å². The molecule has 1 fully saturated rings. The van der Waals surface area contributed by atoms with E-state index in [2.05, 4.69) is 0 Å². The molecule has 0 saturated carbocycles. The summed E-state index contributed by atoms with van der Waals surface area (Å²) in [5.41, 5.74) is -0.0929. The number of halogens is 2. The SMILES string of the molecule is CC(=O)CC1CCCCN1C(=O)c1c(F)cccc1Cl. The fraction of sp³-hybridized carbons (Fsp3) is 0.467. The van der Waals surface area contributed by atoms with Gasteiger partial charge in [0.15, 0.2) is 0 Å². The number of rotatable bonds is 3. The number of piperidine rings is 1. The van der Waals surface area contributed by atoms with Gasteiger partial charge in [-0.05, 0) is 38.3 Å². The van der Waals surface area contributed by atoms with Crippen LogP contribution in [0.15, 0.2) is 18.2 Å². The first-order valence-corrected chi connectivity index (χ1v) is 7.13. The molecule has 1 saturated heterocycles. The Kier molecular flexibility index (Phi) is 4.76. The van der Waals surface area contributed by atoms with E-state index in [0.717, 1.165) is 19.3 Å². The Morgan fingerprint density at radius 2 is 2.15 bits per heavy atom. The zero-order valence-corrected chi connectivity index (χ0v) is 12.1. The highest BCUT2D eigenvalue weighted by Crippen LogP contribution is 2.26. The smallest absolute Gasteiger partial charge is 0.258 e. The number of amides is 1. The average Bonchev–Trinajstić information content (AvgIpc) is 2.38. The molecule has 1 aromatic rings. The molecule has 0 N–H and O–H groups in total. The number of carbonyl (C=O) groups excluding carboxylic acids is 2. The Bertz CT molecular complexity index is 512. The monoisotopic (exact) mass is 297 g/mol. The Morgan fingerprint density at radius 1 is 1.40 bits per heavy atom. The van der Waals surface area contributed by atoms with Crippen molar-refractivity contribution in [2.45, 2.75) is 38.6 Å². The van der Waals surface area contributed by atoms with Gasteiger partial charge in [0.25, 0.3) is 5.91 Å². The molecule has 1 atom stereocenters. The van der Waals surface area contributed by atoms with Gasteiger partial charge in [-0.2, -0.15) is 0 Å². The molecule has 1 aliphatic rings. The number of Topliss-reactive ketones (excluding diaryl/α,β-unsaturated/α-hetero) is 1. The second-order valence-electron chi connectivity index (χ2n) is 5.15. The summed E-state index contributed by atoms with van der Waals surface area (Å²) in [5.74, 6) is -0.997. The summed E-state index contributed by atoms with van der Waals surface area (Å²) in [5, 5.41) is 0.113. The molecule has 1 unspecified atom stereocenters. The standard InChI is InChI=1S/C15H17ClFNO2/c1-10(19)9-11-5-2-3-8-18(11)15(20)14-12(16)6-4-7-13(14)17/h4,6-7,11H,2-3,5,8-9H2,1H3. The molecule has 5 heteroatoms. The van der Waals surface area contributed by atoms with E-state index in [9.17, 15) is 14.0 Å². The Morgan fingerprint density at radius 3 is 2.80 bits per heavy atom. The lowest BCUT2D eigenvalue weighted by atomic mass is 9.96. The van der Waals surface area contributed by atoms with Crippen molar-refractivity contribution in [1.29, 1.82) is 0 Å². The minimum Gasteiger partial charge on any atom is -0.335 e. The molecule has 108 valence electrons. The fourth-order valence-corrected chi connectivity index (χ4v) is 2.90. The molecule has 1 aliphatic heterocycles. The summed E-state index contributed by atoms with van der Waals surface area (Å²) in [6, 6.07) is 4.05. The van der Waals surface area contributed by atoms with E-state index in [1.165, 1.54) is 25.1 Å². The highest BCUT2D eigenvalue weighted by Gasteiger charge is 2.30. The van der Waals surface area contributed by atoms with Gasteiger partial charge in [0.1, 0.15) is 11.6 Å². The van der Waals surface area contributed by atoms with Crippen molar-refractivity contribution >= 4 is 23.3 Å². The quantitative estimate of drug-likeness (QED) is 0.857. The maximum absolute atomic E-state index is 13.8. The predicted molar refractivity (Wildman–Crippen MR) is 75.4 cm³/mol. The van der Waals surface area contributed by atoms with Gasteiger partial charge in [-0.15, -0.1) is 0 Å². The number of ketones is 1. The summed E-state index contributed by atoms with van der Waals surface area (Å²) in [7, 11) is 0. The lowest BCUT2D eigenvalue weighted by Gasteiger charge is -2.35. The number of hydrogen-bond acceptors (Lipinski definition) is 2. The number of hydrogen-bond donors (Lipinski definition) is 0. The lowest BCUT2D eigenvalue weighted by Crippen LogP contribution is -2.45. The molecular weight excluding hydrogens is 281 g/mol. The molecule has 2 rings (SSSR count). The van der Waals surface area contributed by atoms with Gasteiger partial charge in [0.05, 0.1) is 10.6 Å². The maximum Gasteiger partial charge on any atom is 0.258 e. The number of carbonyl (C=O) groups is 2. The second-order valence-corrected chi connectivity index (χ2v) is 5.56. The molecule has 0 aliphatic carbocycles. The van der Waals surface area contributed by atoms with Crippen LogP contribution in [0.2, 0.25) is 5.02 Å². The number of nitrogens with zero attached hydrogens (tertiary/aromatic N) is 1. The first kappa shape index (κ1) is 15.0. The van der Waals surface area contributed by atoms with Crippen molar-refractivity contribution in [3.8, 4) is 0 Å². The van der Waals surface area contributed by atoms with Crippen LogP contribution in [0.25, 0.3) is 0 Å². The maximum atomic E-state index is 13.8. The van der Waals surface area contributed by atoms with Crippen LogP contribution in [-0.2, 0) is 4.79 Å². The Balaban J connectivity index is 2.28. The minimum absolute atomic E-state index is 0.0364. The van der Waals surface area contributed by atoms with Crippen LogP contribution in [0.5, 0.6) is 0 Å². The average molecular weight is 298 g/mol. The van der Waals surface area contributed by atoms with E-state index >= 15 is 0 Å². The fourth-order valence-electron chi connectivity index (χ4n) is 2.66. The van der Waals surface area contributed by atoms with Crippen molar-refractivity contribution < 1.29 is 14.0 Å². The molecule has 3 nitrogen and oxygen atoms in total. The highest BCUT2D eigenvalue weighted by atomic mass is 35.5. The van der Waals surface area contributed by atoms with Gasteiger partial charge < -0.3 is 4.90 Å². The van der Waals surface area contributed by atoms with E-state index in [1.54, 1.807) is 4.90 Å². The Hall–Kier alpha value is -1.42. The normalized spacial score (nSPS) is 18.9. The highest BCUT2D eigenvalue weighted by molar-refractivity contribution is 6.33. The molecule has 0 spiro atoms.